The van der Waals surface area contributed by atoms with Crippen molar-refractivity contribution in [3.05, 3.63) is 34.3 Å². The van der Waals surface area contributed by atoms with E-state index >= 15 is 0 Å². The van der Waals surface area contributed by atoms with E-state index in [0.29, 0.717) is 12.1 Å². The molecule has 0 spiro atoms. The van der Waals surface area contributed by atoms with Gasteiger partial charge in [-0.1, -0.05) is 48.8 Å². The molecule has 21 heavy (non-hydrogen) atoms. The molecular weight excluding hydrogens is 324 g/mol. The highest BCUT2D eigenvalue weighted by atomic mass is 79.9. The minimum absolute atomic E-state index is 0.454. The van der Waals surface area contributed by atoms with Crippen molar-refractivity contribution < 1.29 is 0 Å². The first-order valence-electron chi connectivity index (χ1n) is 8.31. The van der Waals surface area contributed by atoms with Gasteiger partial charge in [-0.25, -0.2) is 0 Å². The maximum absolute atomic E-state index is 3.69. The van der Waals surface area contributed by atoms with Gasteiger partial charge in [0, 0.05) is 16.6 Å². The third kappa shape index (κ3) is 6.50. The Morgan fingerprint density at radius 2 is 1.71 bits per heavy atom. The van der Waals surface area contributed by atoms with Gasteiger partial charge in [0.1, 0.15) is 0 Å². The number of benzene rings is 1. The van der Waals surface area contributed by atoms with E-state index in [1.165, 1.54) is 24.8 Å². The predicted molar refractivity (Wildman–Crippen MR) is 96.8 cm³/mol. The lowest BCUT2D eigenvalue weighted by Gasteiger charge is -2.28. The smallest absolute Gasteiger partial charge is 0.0332 e. The first kappa shape index (κ1) is 18.7. The minimum atomic E-state index is 0.454. The Hall–Kier alpha value is -0.380. The molecule has 0 radical (unpaired) electrons. The average molecular weight is 355 g/mol. The molecule has 1 N–H and O–H groups in total. The van der Waals surface area contributed by atoms with Crippen molar-refractivity contribution in [2.75, 3.05) is 20.1 Å². The quantitative estimate of drug-likeness (QED) is 0.635. The van der Waals surface area contributed by atoms with E-state index in [0.717, 1.165) is 24.0 Å². The molecule has 120 valence electrons. The average Bonchev–Trinajstić information content (AvgIpc) is 2.50. The number of nitrogens with zero attached hydrogens (tertiary/aromatic N) is 1. The standard InChI is InChI=1S/C18H31BrN2/c1-5-13-20-18(15-8-10-16(19)11-9-15)12-14-21(4)17(6-2)7-3/h8-11,17-18,20H,5-7,12-14H2,1-4H3. The molecule has 0 aromatic heterocycles. The van der Waals surface area contributed by atoms with Gasteiger partial charge in [-0.05, 0) is 63.5 Å². The Kier molecular flexibility index (Phi) is 9.21. The summed E-state index contributed by atoms with van der Waals surface area (Å²) in [5.74, 6) is 0. The Morgan fingerprint density at radius 3 is 2.24 bits per heavy atom. The highest BCUT2D eigenvalue weighted by molar-refractivity contribution is 9.10. The van der Waals surface area contributed by atoms with Crippen LogP contribution < -0.4 is 5.32 Å². The topological polar surface area (TPSA) is 15.3 Å². The Morgan fingerprint density at radius 1 is 1.10 bits per heavy atom. The molecule has 0 aliphatic heterocycles. The van der Waals surface area contributed by atoms with Crippen LogP contribution in [0, 0.1) is 0 Å². The van der Waals surface area contributed by atoms with Crippen molar-refractivity contribution in [2.45, 2.75) is 58.5 Å². The molecule has 0 fully saturated rings. The molecule has 1 rings (SSSR count). The molecule has 1 unspecified atom stereocenters. The van der Waals surface area contributed by atoms with E-state index in [1.807, 2.05) is 0 Å². The van der Waals surface area contributed by atoms with Gasteiger partial charge < -0.3 is 10.2 Å². The zero-order valence-corrected chi connectivity index (χ0v) is 15.6. The van der Waals surface area contributed by atoms with Crippen LogP contribution in [0.1, 0.15) is 58.1 Å². The first-order chi connectivity index (χ1) is 10.1. The molecule has 0 amide bonds. The lowest BCUT2D eigenvalue weighted by molar-refractivity contribution is 0.217. The molecule has 0 bridgehead atoms. The summed E-state index contributed by atoms with van der Waals surface area (Å²) in [5.41, 5.74) is 1.39. The minimum Gasteiger partial charge on any atom is -0.310 e. The zero-order chi connectivity index (χ0) is 15.7. The van der Waals surface area contributed by atoms with Crippen molar-refractivity contribution in [1.29, 1.82) is 0 Å². The predicted octanol–water partition coefficient (Wildman–Crippen LogP) is 5.00. The molecule has 1 atom stereocenters. The fraction of sp³-hybridized carbons (Fsp3) is 0.667. The van der Waals surface area contributed by atoms with Crippen LogP contribution in [0.25, 0.3) is 0 Å². The lowest BCUT2D eigenvalue weighted by Crippen LogP contribution is -2.34. The summed E-state index contributed by atoms with van der Waals surface area (Å²) >= 11 is 3.52. The van der Waals surface area contributed by atoms with Gasteiger partial charge in [0.15, 0.2) is 0 Å². The molecule has 1 aromatic carbocycles. The van der Waals surface area contributed by atoms with Gasteiger partial charge in [-0.3, -0.25) is 0 Å². The van der Waals surface area contributed by atoms with Gasteiger partial charge in [0.05, 0.1) is 0 Å². The van der Waals surface area contributed by atoms with Crippen LogP contribution in [0.5, 0.6) is 0 Å². The SMILES string of the molecule is CCCNC(CCN(C)C(CC)CC)c1ccc(Br)cc1. The second-order valence-electron chi connectivity index (χ2n) is 5.80. The number of hydrogen-bond donors (Lipinski definition) is 1. The second-order valence-corrected chi connectivity index (χ2v) is 6.71. The summed E-state index contributed by atoms with van der Waals surface area (Å²) in [6.07, 6.45) is 4.81. The van der Waals surface area contributed by atoms with Gasteiger partial charge in [0.2, 0.25) is 0 Å². The summed E-state index contributed by atoms with van der Waals surface area (Å²) in [7, 11) is 2.26. The summed E-state index contributed by atoms with van der Waals surface area (Å²) in [6, 6.07) is 9.90. The molecule has 3 heteroatoms. The van der Waals surface area contributed by atoms with E-state index < -0.39 is 0 Å². The number of nitrogens with one attached hydrogen (secondary N) is 1. The Bertz CT molecular complexity index is 373. The number of halogens is 1. The van der Waals surface area contributed by atoms with Crippen LogP contribution in [0.3, 0.4) is 0 Å². The van der Waals surface area contributed by atoms with Crippen LogP contribution in [-0.2, 0) is 0 Å². The molecule has 0 aliphatic carbocycles. The summed E-state index contributed by atoms with van der Waals surface area (Å²) < 4.78 is 1.15. The van der Waals surface area contributed by atoms with Crippen molar-refractivity contribution >= 4 is 15.9 Å². The lowest BCUT2D eigenvalue weighted by atomic mass is 10.0. The van der Waals surface area contributed by atoms with Crippen LogP contribution in [0.2, 0.25) is 0 Å². The molecule has 1 aromatic rings. The largest absolute Gasteiger partial charge is 0.310 e. The number of rotatable bonds is 10. The fourth-order valence-corrected chi connectivity index (χ4v) is 3.09. The molecule has 0 aliphatic rings. The van der Waals surface area contributed by atoms with Gasteiger partial charge in [0.25, 0.3) is 0 Å². The van der Waals surface area contributed by atoms with Crippen LogP contribution in [-0.4, -0.2) is 31.1 Å². The molecule has 0 heterocycles. The molecule has 0 saturated carbocycles. The van der Waals surface area contributed by atoms with E-state index in [4.69, 9.17) is 0 Å². The van der Waals surface area contributed by atoms with Crippen molar-refractivity contribution in [3.63, 3.8) is 0 Å². The Balaban J connectivity index is 2.63. The summed E-state index contributed by atoms with van der Waals surface area (Å²) in [4.78, 5) is 2.51. The van der Waals surface area contributed by atoms with Gasteiger partial charge in [-0.2, -0.15) is 0 Å². The second kappa shape index (κ2) is 10.4. The maximum atomic E-state index is 3.69. The first-order valence-corrected chi connectivity index (χ1v) is 9.10. The molecule has 2 nitrogen and oxygen atoms in total. The number of hydrogen-bond acceptors (Lipinski definition) is 2. The van der Waals surface area contributed by atoms with Crippen LogP contribution in [0.4, 0.5) is 0 Å². The summed E-state index contributed by atoms with van der Waals surface area (Å²) in [5, 5.41) is 3.69. The van der Waals surface area contributed by atoms with E-state index in [9.17, 15) is 0 Å². The third-order valence-electron chi connectivity index (χ3n) is 4.25. The molecule has 0 saturated heterocycles. The van der Waals surface area contributed by atoms with E-state index in [1.54, 1.807) is 0 Å². The molecular formula is C18H31BrN2. The zero-order valence-electron chi connectivity index (χ0n) is 14.0. The highest BCUT2D eigenvalue weighted by Crippen LogP contribution is 2.21. The van der Waals surface area contributed by atoms with Crippen LogP contribution >= 0.6 is 15.9 Å². The van der Waals surface area contributed by atoms with E-state index in [-0.39, 0.29) is 0 Å². The maximum Gasteiger partial charge on any atom is 0.0332 e. The van der Waals surface area contributed by atoms with E-state index in [2.05, 4.69) is 78.2 Å². The normalized spacial score (nSPS) is 13.1. The van der Waals surface area contributed by atoms with Crippen molar-refractivity contribution in [1.82, 2.24) is 10.2 Å². The summed E-state index contributed by atoms with van der Waals surface area (Å²) in [6.45, 7) is 9.01. The van der Waals surface area contributed by atoms with Crippen molar-refractivity contribution in [3.8, 4) is 0 Å². The fourth-order valence-electron chi connectivity index (χ4n) is 2.83. The van der Waals surface area contributed by atoms with Gasteiger partial charge >= 0.3 is 0 Å². The third-order valence-corrected chi connectivity index (χ3v) is 4.78. The van der Waals surface area contributed by atoms with Gasteiger partial charge in [-0.15, -0.1) is 0 Å². The monoisotopic (exact) mass is 354 g/mol. The van der Waals surface area contributed by atoms with Crippen molar-refractivity contribution in [2.24, 2.45) is 0 Å². The Labute approximate surface area is 139 Å². The van der Waals surface area contributed by atoms with Crippen LogP contribution in [0.15, 0.2) is 28.7 Å². The highest BCUT2D eigenvalue weighted by Gasteiger charge is 2.15.